The normalized spacial score (nSPS) is 10.6. The molecule has 0 unspecified atom stereocenters. The number of fused-ring (bicyclic) bond motifs is 1. The van der Waals surface area contributed by atoms with Crippen molar-refractivity contribution in [3.8, 4) is 17.2 Å². The molecule has 0 fully saturated rings. The van der Waals surface area contributed by atoms with E-state index in [1.54, 1.807) is 31.2 Å². The van der Waals surface area contributed by atoms with Gasteiger partial charge in [0.2, 0.25) is 5.75 Å². The number of pyridine rings is 1. The second-order valence-electron chi connectivity index (χ2n) is 5.84. The molecule has 3 aromatic rings. The van der Waals surface area contributed by atoms with E-state index >= 15 is 0 Å². The van der Waals surface area contributed by atoms with Crippen LogP contribution in [0.15, 0.2) is 36.4 Å². The molecule has 6 nitrogen and oxygen atoms in total. The third-order valence-corrected chi connectivity index (χ3v) is 4.07. The molecule has 3 rings (SSSR count). The lowest BCUT2D eigenvalue weighted by molar-refractivity contribution is 0.102. The Morgan fingerprint density at radius 3 is 2.26 bits per heavy atom. The Morgan fingerprint density at radius 2 is 1.67 bits per heavy atom. The number of amides is 1. The summed E-state index contributed by atoms with van der Waals surface area (Å²) in [5.41, 5.74) is 2.07. The minimum atomic E-state index is -0.406. The van der Waals surface area contributed by atoms with Crippen LogP contribution in [0, 0.1) is 12.7 Å². The molecule has 0 spiro atoms. The maximum absolute atomic E-state index is 13.7. The molecule has 0 aliphatic rings. The highest BCUT2D eigenvalue weighted by Gasteiger charge is 2.18. The molecule has 0 saturated carbocycles. The molecule has 0 saturated heterocycles. The van der Waals surface area contributed by atoms with Crippen molar-refractivity contribution in [2.24, 2.45) is 0 Å². The van der Waals surface area contributed by atoms with Gasteiger partial charge in [-0.05, 0) is 43.3 Å². The first-order valence-electron chi connectivity index (χ1n) is 8.15. The summed E-state index contributed by atoms with van der Waals surface area (Å²) in [5, 5.41) is 3.33. The van der Waals surface area contributed by atoms with Crippen molar-refractivity contribution in [2.45, 2.75) is 6.92 Å². The molecule has 0 atom stereocenters. The van der Waals surface area contributed by atoms with Crippen molar-refractivity contribution in [3.05, 3.63) is 53.5 Å². The number of ether oxygens (including phenoxy) is 3. The van der Waals surface area contributed by atoms with Gasteiger partial charge in [0.15, 0.2) is 11.5 Å². The number of carbonyl (C=O) groups is 1. The Morgan fingerprint density at radius 1 is 1.00 bits per heavy atom. The van der Waals surface area contributed by atoms with Gasteiger partial charge in [0.05, 0.1) is 32.5 Å². The van der Waals surface area contributed by atoms with E-state index in [1.807, 2.05) is 0 Å². The monoisotopic (exact) mass is 370 g/mol. The van der Waals surface area contributed by atoms with Crippen LogP contribution >= 0.6 is 0 Å². The molecule has 0 aliphatic heterocycles. The van der Waals surface area contributed by atoms with E-state index in [2.05, 4.69) is 10.3 Å². The van der Waals surface area contributed by atoms with Crippen molar-refractivity contribution in [1.82, 2.24) is 4.98 Å². The summed E-state index contributed by atoms with van der Waals surface area (Å²) >= 11 is 0. The summed E-state index contributed by atoms with van der Waals surface area (Å²) in [6.45, 7) is 1.80. The Balaban J connectivity index is 2.03. The van der Waals surface area contributed by atoms with Gasteiger partial charge in [0, 0.05) is 16.6 Å². The van der Waals surface area contributed by atoms with E-state index < -0.39 is 11.7 Å². The van der Waals surface area contributed by atoms with Crippen LogP contribution in [0.3, 0.4) is 0 Å². The maximum Gasteiger partial charge on any atom is 0.255 e. The fourth-order valence-electron chi connectivity index (χ4n) is 2.84. The summed E-state index contributed by atoms with van der Waals surface area (Å²) in [4.78, 5) is 17.2. The van der Waals surface area contributed by atoms with E-state index in [0.717, 1.165) is 0 Å². The molecule has 1 N–H and O–H groups in total. The van der Waals surface area contributed by atoms with Crippen LogP contribution in [-0.2, 0) is 0 Å². The predicted octanol–water partition coefficient (Wildman–Crippen LogP) is 3.96. The molecule has 0 aliphatic carbocycles. The summed E-state index contributed by atoms with van der Waals surface area (Å²) < 4.78 is 29.5. The highest BCUT2D eigenvalue weighted by molar-refractivity contribution is 6.09. The first-order valence-corrected chi connectivity index (χ1v) is 8.15. The molecule has 2 aromatic carbocycles. The number of rotatable bonds is 5. The van der Waals surface area contributed by atoms with Gasteiger partial charge < -0.3 is 19.5 Å². The number of aryl methyl sites for hydroxylation is 1. The lowest BCUT2D eigenvalue weighted by Crippen LogP contribution is -2.13. The minimum absolute atomic E-state index is 0.309. The molecular weight excluding hydrogens is 351 g/mol. The zero-order valence-corrected chi connectivity index (χ0v) is 15.4. The number of carbonyl (C=O) groups excluding carboxylic acids is 1. The first kappa shape index (κ1) is 18.4. The van der Waals surface area contributed by atoms with Crippen LogP contribution in [0.4, 0.5) is 10.1 Å². The second kappa shape index (κ2) is 7.49. The van der Waals surface area contributed by atoms with Gasteiger partial charge in [-0.25, -0.2) is 4.39 Å². The number of anilines is 1. The standard InChI is InChI=1S/C20H19FN2O4/c1-11-7-16(14-10-13(21)5-6-15(14)22-11)23-20(24)12-8-17(25-2)19(27-4)18(9-12)26-3/h5-10H,1-4H3,(H,22,23,24). The fourth-order valence-corrected chi connectivity index (χ4v) is 2.84. The van der Waals surface area contributed by atoms with Gasteiger partial charge in [-0.2, -0.15) is 0 Å². The zero-order chi connectivity index (χ0) is 19.6. The highest BCUT2D eigenvalue weighted by Crippen LogP contribution is 2.38. The summed E-state index contributed by atoms with van der Waals surface area (Å²) in [6, 6.07) is 9.04. The van der Waals surface area contributed by atoms with Gasteiger partial charge in [-0.1, -0.05) is 0 Å². The minimum Gasteiger partial charge on any atom is -0.493 e. The fraction of sp³-hybridized carbons (Fsp3) is 0.200. The number of hydrogen-bond acceptors (Lipinski definition) is 5. The third kappa shape index (κ3) is 3.62. The third-order valence-electron chi connectivity index (χ3n) is 4.07. The van der Waals surface area contributed by atoms with Crippen LogP contribution in [0.25, 0.3) is 10.9 Å². The number of nitrogens with zero attached hydrogens (tertiary/aromatic N) is 1. The lowest BCUT2D eigenvalue weighted by Gasteiger charge is -2.15. The Hall–Kier alpha value is -3.35. The van der Waals surface area contributed by atoms with Crippen molar-refractivity contribution in [3.63, 3.8) is 0 Å². The zero-order valence-electron chi connectivity index (χ0n) is 15.4. The van der Waals surface area contributed by atoms with Gasteiger partial charge >= 0.3 is 0 Å². The van der Waals surface area contributed by atoms with E-state index in [-0.39, 0.29) is 0 Å². The van der Waals surface area contributed by atoms with E-state index in [0.29, 0.717) is 45.1 Å². The second-order valence-corrected chi connectivity index (χ2v) is 5.84. The predicted molar refractivity (Wildman–Crippen MR) is 100 cm³/mol. The summed E-state index contributed by atoms with van der Waals surface area (Å²) in [6.07, 6.45) is 0. The molecule has 27 heavy (non-hydrogen) atoms. The number of nitrogens with one attached hydrogen (secondary N) is 1. The lowest BCUT2D eigenvalue weighted by atomic mass is 10.1. The van der Waals surface area contributed by atoms with Crippen molar-refractivity contribution in [2.75, 3.05) is 26.6 Å². The molecule has 7 heteroatoms. The van der Waals surface area contributed by atoms with E-state index in [9.17, 15) is 9.18 Å². The molecule has 1 aromatic heterocycles. The highest BCUT2D eigenvalue weighted by atomic mass is 19.1. The van der Waals surface area contributed by atoms with E-state index in [4.69, 9.17) is 14.2 Å². The maximum atomic E-state index is 13.7. The van der Waals surface area contributed by atoms with E-state index in [1.165, 1.54) is 33.5 Å². The topological polar surface area (TPSA) is 69.7 Å². The SMILES string of the molecule is COc1cc(C(=O)Nc2cc(C)nc3ccc(F)cc23)cc(OC)c1OC. The average Bonchev–Trinajstić information content (AvgIpc) is 2.67. The summed E-state index contributed by atoms with van der Waals surface area (Å²) in [5.74, 6) is 0.318. The van der Waals surface area contributed by atoms with Crippen LogP contribution in [0.1, 0.15) is 16.1 Å². The molecule has 0 radical (unpaired) electrons. The first-order chi connectivity index (χ1) is 13.0. The van der Waals surface area contributed by atoms with Crippen LogP contribution in [0.5, 0.6) is 17.2 Å². The smallest absolute Gasteiger partial charge is 0.255 e. The van der Waals surface area contributed by atoms with Gasteiger partial charge in [0.1, 0.15) is 5.82 Å². The Labute approximate surface area is 155 Å². The largest absolute Gasteiger partial charge is 0.493 e. The van der Waals surface area contributed by atoms with Crippen LogP contribution < -0.4 is 19.5 Å². The van der Waals surface area contributed by atoms with Crippen molar-refractivity contribution in [1.29, 1.82) is 0 Å². The van der Waals surface area contributed by atoms with Crippen LogP contribution in [0.2, 0.25) is 0 Å². The van der Waals surface area contributed by atoms with Crippen LogP contribution in [-0.4, -0.2) is 32.2 Å². The number of benzene rings is 2. The van der Waals surface area contributed by atoms with Gasteiger partial charge in [-0.15, -0.1) is 0 Å². The number of halogens is 1. The number of aromatic nitrogens is 1. The molecule has 1 amide bonds. The number of hydrogen-bond donors (Lipinski definition) is 1. The number of methoxy groups -OCH3 is 3. The molecule has 140 valence electrons. The van der Waals surface area contributed by atoms with Gasteiger partial charge in [0.25, 0.3) is 5.91 Å². The quantitative estimate of drug-likeness (QED) is 0.736. The van der Waals surface area contributed by atoms with Gasteiger partial charge in [-0.3, -0.25) is 9.78 Å². The van der Waals surface area contributed by atoms with Crippen molar-refractivity contribution >= 4 is 22.5 Å². The molecule has 0 bridgehead atoms. The molecular formula is C20H19FN2O4. The Bertz CT molecular complexity index is 995. The van der Waals surface area contributed by atoms with Crippen molar-refractivity contribution < 1.29 is 23.4 Å². The summed E-state index contributed by atoms with van der Waals surface area (Å²) in [7, 11) is 4.43. The Kier molecular flexibility index (Phi) is 5.12. The average molecular weight is 370 g/mol. The molecule has 1 heterocycles.